The Bertz CT molecular complexity index is 273. The van der Waals surface area contributed by atoms with E-state index in [1.54, 1.807) is 0 Å². The molecule has 0 aliphatic carbocycles. The third-order valence-electron chi connectivity index (χ3n) is 2.81. The summed E-state index contributed by atoms with van der Waals surface area (Å²) in [6.45, 7) is 5.88. The lowest BCUT2D eigenvalue weighted by Crippen LogP contribution is -2.46. The van der Waals surface area contributed by atoms with Crippen molar-refractivity contribution in [2.24, 2.45) is 5.92 Å². The molecule has 0 aromatic heterocycles. The Labute approximate surface area is 97.1 Å². The van der Waals surface area contributed by atoms with E-state index in [1.807, 2.05) is 13.8 Å². The van der Waals surface area contributed by atoms with Crippen LogP contribution in [0, 0.1) is 18.3 Å². The topological polar surface area (TPSA) is 50.4 Å². The summed E-state index contributed by atoms with van der Waals surface area (Å²) in [5.74, 6) is 2.43. The molecule has 1 aliphatic heterocycles. The number of carbonyl (C=O) groups excluding carboxylic acids is 1. The minimum atomic E-state index is -0.171. The smallest absolute Gasteiger partial charge is 0.228 e. The number of terminal acetylenes is 1. The lowest BCUT2D eigenvalue weighted by Gasteiger charge is -2.19. The highest BCUT2D eigenvalue weighted by Crippen LogP contribution is 2.14. The van der Waals surface area contributed by atoms with Crippen LogP contribution in [0.25, 0.3) is 0 Å². The Kier molecular flexibility index (Phi) is 5.30. The Hall–Kier alpha value is -1.05. The summed E-state index contributed by atoms with van der Waals surface area (Å²) in [7, 11) is 0. The molecular weight excluding hydrogens is 204 g/mol. The molecule has 4 nitrogen and oxygen atoms in total. The van der Waals surface area contributed by atoms with E-state index in [-0.39, 0.29) is 23.9 Å². The minimum absolute atomic E-state index is 0.00625. The van der Waals surface area contributed by atoms with Gasteiger partial charge >= 0.3 is 0 Å². The van der Waals surface area contributed by atoms with Gasteiger partial charge in [0.05, 0.1) is 25.2 Å². The normalized spacial score (nSPS) is 26.1. The average Bonchev–Trinajstić information content (AvgIpc) is 2.74. The van der Waals surface area contributed by atoms with Crippen molar-refractivity contribution in [3.8, 4) is 12.3 Å². The van der Waals surface area contributed by atoms with Crippen LogP contribution in [-0.4, -0.2) is 37.7 Å². The molecule has 4 heteroatoms. The second-order valence-electron chi connectivity index (χ2n) is 3.94. The maximum atomic E-state index is 11.9. The highest BCUT2D eigenvalue weighted by molar-refractivity contribution is 5.80. The molecule has 1 heterocycles. The quantitative estimate of drug-likeness (QED) is 0.653. The summed E-state index contributed by atoms with van der Waals surface area (Å²) >= 11 is 0. The van der Waals surface area contributed by atoms with Gasteiger partial charge in [0, 0.05) is 6.04 Å². The standard InChI is InChI=1S/C12H20N2O2/c1-4-9(5-2)14-12(15)10-7-16-8-11(10)13-6-3/h1,9-11,13H,5-8H2,2-3H3,(H,14,15). The predicted molar refractivity (Wildman–Crippen MR) is 62.8 cm³/mol. The van der Waals surface area contributed by atoms with E-state index in [0.717, 1.165) is 13.0 Å². The van der Waals surface area contributed by atoms with Gasteiger partial charge in [0.15, 0.2) is 0 Å². The number of nitrogens with one attached hydrogen (secondary N) is 2. The molecule has 0 radical (unpaired) electrons. The van der Waals surface area contributed by atoms with Crippen LogP contribution in [0.2, 0.25) is 0 Å². The molecule has 0 aromatic carbocycles. The molecule has 1 rings (SSSR count). The molecule has 2 N–H and O–H groups in total. The zero-order chi connectivity index (χ0) is 12.0. The average molecular weight is 224 g/mol. The maximum Gasteiger partial charge on any atom is 0.228 e. The highest BCUT2D eigenvalue weighted by atomic mass is 16.5. The van der Waals surface area contributed by atoms with Crippen LogP contribution < -0.4 is 10.6 Å². The summed E-state index contributed by atoms with van der Waals surface area (Å²) in [5.41, 5.74) is 0. The molecule has 1 aliphatic rings. The molecule has 3 atom stereocenters. The molecular formula is C12H20N2O2. The highest BCUT2D eigenvalue weighted by Gasteiger charge is 2.33. The van der Waals surface area contributed by atoms with Crippen molar-refractivity contribution in [1.29, 1.82) is 0 Å². The number of carbonyl (C=O) groups is 1. The van der Waals surface area contributed by atoms with E-state index in [2.05, 4.69) is 16.6 Å². The van der Waals surface area contributed by atoms with Crippen molar-refractivity contribution < 1.29 is 9.53 Å². The Morgan fingerprint density at radius 3 is 2.88 bits per heavy atom. The van der Waals surface area contributed by atoms with Gasteiger partial charge in [0.1, 0.15) is 0 Å². The van der Waals surface area contributed by atoms with Crippen LogP contribution in [0.1, 0.15) is 20.3 Å². The van der Waals surface area contributed by atoms with Gasteiger partial charge in [-0.2, -0.15) is 0 Å². The van der Waals surface area contributed by atoms with Crippen molar-refractivity contribution >= 4 is 5.91 Å². The first-order valence-electron chi connectivity index (χ1n) is 5.80. The fourth-order valence-electron chi connectivity index (χ4n) is 1.82. The fraction of sp³-hybridized carbons (Fsp3) is 0.750. The lowest BCUT2D eigenvalue weighted by molar-refractivity contribution is -0.125. The third kappa shape index (κ3) is 3.22. The first kappa shape index (κ1) is 13.0. The van der Waals surface area contributed by atoms with Crippen molar-refractivity contribution in [3.05, 3.63) is 0 Å². The summed E-state index contributed by atoms with van der Waals surface area (Å²) in [4.78, 5) is 11.9. The van der Waals surface area contributed by atoms with Gasteiger partial charge in [-0.1, -0.05) is 19.8 Å². The van der Waals surface area contributed by atoms with Crippen molar-refractivity contribution in [3.63, 3.8) is 0 Å². The van der Waals surface area contributed by atoms with Crippen LogP contribution >= 0.6 is 0 Å². The molecule has 1 fully saturated rings. The van der Waals surface area contributed by atoms with Gasteiger partial charge in [-0.05, 0) is 13.0 Å². The van der Waals surface area contributed by atoms with Gasteiger partial charge in [0.2, 0.25) is 5.91 Å². The van der Waals surface area contributed by atoms with Crippen molar-refractivity contribution in [1.82, 2.24) is 10.6 Å². The number of amides is 1. The molecule has 0 aromatic rings. The molecule has 1 amide bonds. The van der Waals surface area contributed by atoms with Crippen LogP contribution in [0.4, 0.5) is 0 Å². The Balaban J connectivity index is 2.49. The van der Waals surface area contributed by atoms with E-state index in [1.165, 1.54) is 0 Å². The van der Waals surface area contributed by atoms with E-state index < -0.39 is 0 Å². The molecule has 0 spiro atoms. The van der Waals surface area contributed by atoms with Crippen molar-refractivity contribution in [2.75, 3.05) is 19.8 Å². The number of hydrogen-bond acceptors (Lipinski definition) is 3. The zero-order valence-electron chi connectivity index (χ0n) is 9.95. The largest absolute Gasteiger partial charge is 0.379 e. The number of ether oxygens (including phenoxy) is 1. The predicted octanol–water partition coefficient (Wildman–Crippen LogP) is 0.139. The first-order valence-corrected chi connectivity index (χ1v) is 5.80. The molecule has 90 valence electrons. The van der Waals surface area contributed by atoms with Crippen LogP contribution in [-0.2, 0) is 9.53 Å². The Morgan fingerprint density at radius 1 is 1.56 bits per heavy atom. The van der Waals surface area contributed by atoms with Gasteiger partial charge in [0.25, 0.3) is 0 Å². The second kappa shape index (κ2) is 6.51. The lowest BCUT2D eigenvalue weighted by atomic mass is 10.0. The van der Waals surface area contributed by atoms with E-state index >= 15 is 0 Å². The van der Waals surface area contributed by atoms with E-state index in [9.17, 15) is 4.79 Å². The SMILES string of the molecule is C#CC(CC)NC(=O)C1COCC1NCC. The summed E-state index contributed by atoms with van der Waals surface area (Å²) in [6, 6.07) is -0.0596. The fourth-order valence-corrected chi connectivity index (χ4v) is 1.82. The first-order chi connectivity index (χ1) is 7.72. The van der Waals surface area contributed by atoms with Gasteiger partial charge in [-0.15, -0.1) is 6.42 Å². The Morgan fingerprint density at radius 2 is 2.31 bits per heavy atom. The van der Waals surface area contributed by atoms with Crippen molar-refractivity contribution in [2.45, 2.75) is 32.4 Å². The van der Waals surface area contributed by atoms with Gasteiger partial charge in [-0.3, -0.25) is 4.79 Å². The summed E-state index contributed by atoms with van der Waals surface area (Å²) in [5, 5.41) is 6.10. The monoisotopic (exact) mass is 224 g/mol. The number of likely N-dealkylation sites (N-methyl/N-ethyl adjacent to an activating group) is 1. The van der Waals surface area contributed by atoms with Gasteiger partial charge in [-0.25, -0.2) is 0 Å². The second-order valence-corrected chi connectivity index (χ2v) is 3.94. The summed E-state index contributed by atoms with van der Waals surface area (Å²) < 4.78 is 5.32. The molecule has 1 saturated heterocycles. The molecule has 16 heavy (non-hydrogen) atoms. The molecule has 0 bridgehead atoms. The van der Waals surface area contributed by atoms with Crippen LogP contribution in [0.5, 0.6) is 0 Å². The maximum absolute atomic E-state index is 11.9. The number of hydrogen-bond donors (Lipinski definition) is 2. The third-order valence-corrected chi connectivity index (χ3v) is 2.81. The summed E-state index contributed by atoms with van der Waals surface area (Å²) in [6.07, 6.45) is 6.06. The van der Waals surface area contributed by atoms with E-state index in [0.29, 0.717) is 13.2 Å². The van der Waals surface area contributed by atoms with Crippen LogP contribution in [0.3, 0.4) is 0 Å². The van der Waals surface area contributed by atoms with Gasteiger partial charge < -0.3 is 15.4 Å². The molecule has 3 unspecified atom stereocenters. The van der Waals surface area contributed by atoms with E-state index in [4.69, 9.17) is 11.2 Å². The zero-order valence-corrected chi connectivity index (χ0v) is 9.95. The number of rotatable bonds is 5. The minimum Gasteiger partial charge on any atom is -0.379 e. The molecule has 0 saturated carbocycles. The van der Waals surface area contributed by atoms with Crippen LogP contribution in [0.15, 0.2) is 0 Å².